The van der Waals surface area contributed by atoms with Crippen molar-refractivity contribution in [2.75, 3.05) is 34.7 Å². The van der Waals surface area contributed by atoms with Gasteiger partial charge in [-0.25, -0.2) is 9.37 Å². The van der Waals surface area contributed by atoms with Gasteiger partial charge in [0.2, 0.25) is 5.75 Å². The van der Waals surface area contributed by atoms with Gasteiger partial charge >= 0.3 is 11.8 Å². The molecular formula is C28H37FN6O5. The highest BCUT2D eigenvalue weighted by Gasteiger charge is 2.51. The van der Waals surface area contributed by atoms with E-state index in [1.807, 2.05) is 14.1 Å². The number of aromatic hydroxyl groups is 1. The Labute approximate surface area is 232 Å². The van der Waals surface area contributed by atoms with Gasteiger partial charge in [-0.3, -0.25) is 23.7 Å². The lowest BCUT2D eigenvalue weighted by Crippen LogP contribution is -2.54. The largest absolute Gasteiger partial charge is 0.501 e. The zero-order valence-electron chi connectivity index (χ0n) is 23.4. The van der Waals surface area contributed by atoms with Crippen LogP contribution in [0.1, 0.15) is 60.4 Å². The van der Waals surface area contributed by atoms with Crippen LogP contribution in [0, 0.1) is 11.2 Å². The first-order chi connectivity index (χ1) is 18.9. The molecule has 3 N–H and O–H groups in total. The van der Waals surface area contributed by atoms with E-state index in [1.54, 1.807) is 6.07 Å². The van der Waals surface area contributed by atoms with E-state index in [1.165, 1.54) is 36.9 Å². The normalized spacial score (nSPS) is 21.4. The second-order valence-electron chi connectivity index (χ2n) is 11.4. The van der Waals surface area contributed by atoms with Gasteiger partial charge in [-0.2, -0.15) is 0 Å². The predicted molar refractivity (Wildman–Crippen MR) is 145 cm³/mol. The molecule has 1 saturated carbocycles. The minimum absolute atomic E-state index is 0.137. The van der Waals surface area contributed by atoms with Crippen LogP contribution in [0.4, 0.5) is 4.39 Å². The molecule has 1 fully saturated rings. The van der Waals surface area contributed by atoms with E-state index in [-0.39, 0.29) is 29.9 Å². The third-order valence-corrected chi connectivity index (χ3v) is 8.11. The Kier molecular flexibility index (Phi) is 8.29. The van der Waals surface area contributed by atoms with Gasteiger partial charge < -0.3 is 25.5 Å². The van der Waals surface area contributed by atoms with Crippen molar-refractivity contribution < 1.29 is 23.9 Å². The summed E-state index contributed by atoms with van der Waals surface area (Å²) in [5, 5.41) is 16.2. The highest BCUT2D eigenvalue weighted by Crippen LogP contribution is 2.51. The SMILES string of the molecule is CN(C)CCCC12CCC(NC(=O)C(=O)N(C)C)(CC1)c1nc(C(=O)NCc3ccccc3F)c(O)c(=O)n1C2. The number of nitrogens with one attached hydrogen (secondary N) is 2. The number of nitrogens with zero attached hydrogens (tertiary/aromatic N) is 4. The lowest BCUT2D eigenvalue weighted by Gasteiger charge is -2.42. The van der Waals surface area contributed by atoms with Gasteiger partial charge in [0.1, 0.15) is 11.6 Å². The van der Waals surface area contributed by atoms with E-state index in [9.17, 15) is 28.7 Å². The number of amides is 3. The van der Waals surface area contributed by atoms with E-state index in [2.05, 4.69) is 20.5 Å². The summed E-state index contributed by atoms with van der Waals surface area (Å²) in [6.45, 7) is 0.956. The number of hydrogen-bond acceptors (Lipinski definition) is 7. The Morgan fingerprint density at radius 3 is 2.40 bits per heavy atom. The van der Waals surface area contributed by atoms with Gasteiger partial charge in [-0.1, -0.05) is 18.2 Å². The number of likely N-dealkylation sites (N-methyl/N-ethyl adjacent to an activating group) is 1. The van der Waals surface area contributed by atoms with E-state index in [4.69, 9.17) is 0 Å². The van der Waals surface area contributed by atoms with Crippen LogP contribution in [0.25, 0.3) is 0 Å². The predicted octanol–water partition coefficient (Wildman–Crippen LogP) is 1.33. The second-order valence-corrected chi connectivity index (χ2v) is 11.4. The summed E-state index contributed by atoms with van der Waals surface area (Å²) < 4.78 is 15.4. The molecule has 12 heteroatoms. The molecule has 0 spiro atoms. The lowest BCUT2D eigenvalue weighted by molar-refractivity contribution is -0.145. The van der Waals surface area contributed by atoms with Crippen LogP contribution >= 0.6 is 0 Å². The highest BCUT2D eigenvalue weighted by atomic mass is 19.1. The van der Waals surface area contributed by atoms with Crippen molar-refractivity contribution >= 4 is 17.7 Å². The molecule has 3 amide bonds. The number of benzene rings is 1. The first-order valence-corrected chi connectivity index (χ1v) is 13.4. The van der Waals surface area contributed by atoms with Gasteiger partial charge in [-0.15, -0.1) is 0 Å². The Hall–Kier alpha value is -3.80. The molecule has 5 rings (SSSR count). The number of carbonyl (C=O) groups excluding carboxylic acids is 3. The summed E-state index contributed by atoms with van der Waals surface area (Å²) >= 11 is 0. The first kappa shape index (κ1) is 29.2. The Bertz CT molecular complexity index is 1360. The quantitative estimate of drug-likeness (QED) is 0.418. The smallest absolute Gasteiger partial charge is 0.311 e. The average Bonchev–Trinajstić information content (AvgIpc) is 3.12. The molecule has 40 heavy (non-hydrogen) atoms. The van der Waals surface area contributed by atoms with E-state index in [0.29, 0.717) is 25.7 Å². The molecule has 3 heterocycles. The number of rotatable bonds is 8. The van der Waals surface area contributed by atoms with Crippen molar-refractivity contribution in [3.05, 3.63) is 57.5 Å². The molecule has 0 atom stereocenters. The van der Waals surface area contributed by atoms with Crippen molar-refractivity contribution in [2.24, 2.45) is 5.41 Å². The third-order valence-electron chi connectivity index (χ3n) is 8.11. The van der Waals surface area contributed by atoms with Crippen LogP contribution in [0.2, 0.25) is 0 Å². The Balaban J connectivity index is 1.74. The molecule has 1 aliphatic carbocycles. The number of hydrogen-bond donors (Lipinski definition) is 3. The highest BCUT2D eigenvalue weighted by molar-refractivity contribution is 6.35. The van der Waals surface area contributed by atoms with Crippen LogP contribution < -0.4 is 16.2 Å². The van der Waals surface area contributed by atoms with Crippen LogP contribution in [0.3, 0.4) is 0 Å². The standard InChI is InChI=1S/C28H37FN6O5/c1-33(2)15-7-10-27-11-13-28(14-12-27,32-23(38)25(40)34(3)4)26-31-20(21(36)24(39)35(26)17-27)22(37)30-16-18-8-5-6-9-19(18)29/h5-6,8-9,36H,7,10-17H2,1-4H3,(H,30,37)(H,32,38). The van der Waals surface area contributed by atoms with E-state index >= 15 is 0 Å². The third kappa shape index (κ3) is 5.72. The fourth-order valence-electron chi connectivity index (χ4n) is 5.79. The van der Waals surface area contributed by atoms with Crippen molar-refractivity contribution in [2.45, 2.75) is 57.2 Å². The fraction of sp³-hybridized carbons (Fsp3) is 0.536. The summed E-state index contributed by atoms with van der Waals surface area (Å²) in [7, 11) is 6.93. The summed E-state index contributed by atoms with van der Waals surface area (Å²) in [5.74, 6) is -3.63. The molecule has 0 saturated heterocycles. The number of aromatic nitrogens is 2. The molecule has 2 bridgehead atoms. The molecule has 1 aromatic heterocycles. The molecule has 3 aliphatic rings. The van der Waals surface area contributed by atoms with Crippen molar-refractivity contribution in [3.8, 4) is 5.75 Å². The Morgan fingerprint density at radius 1 is 1.10 bits per heavy atom. The summed E-state index contributed by atoms with van der Waals surface area (Å²) in [5.41, 5.74) is -2.52. The zero-order valence-corrected chi connectivity index (χ0v) is 23.4. The Morgan fingerprint density at radius 2 is 1.77 bits per heavy atom. The van der Waals surface area contributed by atoms with Crippen LogP contribution in [0.5, 0.6) is 5.75 Å². The molecule has 216 valence electrons. The monoisotopic (exact) mass is 556 g/mol. The van der Waals surface area contributed by atoms with E-state index < -0.39 is 46.1 Å². The average molecular weight is 557 g/mol. The van der Waals surface area contributed by atoms with E-state index in [0.717, 1.165) is 24.3 Å². The maximum absolute atomic E-state index is 14.1. The van der Waals surface area contributed by atoms with Crippen molar-refractivity contribution in [1.29, 1.82) is 0 Å². The number of halogens is 1. The topological polar surface area (TPSA) is 137 Å². The van der Waals surface area contributed by atoms with Crippen LogP contribution in [0.15, 0.2) is 29.1 Å². The minimum atomic E-state index is -1.18. The van der Waals surface area contributed by atoms with Crippen molar-refractivity contribution in [3.63, 3.8) is 0 Å². The molecule has 11 nitrogen and oxygen atoms in total. The summed E-state index contributed by atoms with van der Waals surface area (Å²) in [6, 6.07) is 5.92. The van der Waals surface area contributed by atoms with Gasteiger partial charge in [-0.05, 0) is 70.6 Å². The summed E-state index contributed by atoms with van der Waals surface area (Å²) in [6.07, 6.45) is 3.86. The molecule has 1 aromatic carbocycles. The molecule has 2 aromatic rings. The molecule has 0 unspecified atom stereocenters. The maximum atomic E-state index is 14.1. The minimum Gasteiger partial charge on any atom is -0.501 e. The molecule has 0 radical (unpaired) electrons. The fourth-order valence-corrected chi connectivity index (χ4v) is 5.79. The lowest BCUT2D eigenvalue weighted by atomic mass is 9.66. The van der Waals surface area contributed by atoms with Gasteiger partial charge in [0, 0.05) is 32.7 Å². The maximum Gasteiger partial charge on any atom is 0.311 e. The molecular weight excluding hydrogens is 519 g/mol. The van der Waals surface area contributed by atoms with Crippen molar-refractivity contribution in [1.82, 2.24) is 30.0 Å². The number of carbonyl (C=O) groups is 3. The summed E-state index contributed by atoms with van der Waals surface area (Å²) in [4.78, 5) is 59.9. The van der Waals surface area contributed by atoms with Gasteiger partial charge in [0.05, 0.1) is 5.54 Å². The molecule has 2 aliphatic heterocycles. The van der Waals surface area contributed by atoms with Gasteiger partial charge in [0.15, 0.2) is 5.69 Å². The van der Waals surface area contributed by atoms with Crippen LogP contribution in [-0.2, 0) is 28.2 Å². The second kappa shape index (κ2) is 11.4. The number of fused-ring (bicyclic) bond motifs is 2. The first-order valence-electron chi connectivity index (χ1n) is 13.4. The van der Waals surface area contributed by atoms with Gasteiger partial charge in [0.25, 0.3) is 11.5 Å². The zero-order chi connectivity index (χ0) is 29.2. The van der Waals surface area contributed by atoms with Crippen LogP contribution in [-0.4, -0.2) is 76.9 Å².